The summed E-state index contributed by atoms with van der Waals surface area (Å²) in [5.74, 6) is 0.932. The highest BCUT2D eigenvalue weighted by molar-refractivity contribution is 4.86. The summed E-state index contributed by atoms with van der Waals surface area (Å²) in [6.45, 7) is 14.7. The van der Waals surface area contributed by atoms with E-state index in [-0.39, 0.29) is 0 Å². The molecule has 2 saturated heterocycles. The molecule has 0 aromatic rings. The van der Waals surface area contributed by atoms with Gasteiger partial charge in [0.05, 0.1) is 0 Å². The monoisotopic (exact) mass is 253 g/mol. The molecule has 0 radical (unpaired) electrons. The first kappa shape index (κ1) is 14.3. The topological polar surface area (TPSA) is 9.72 Å². The van der Waals surface area contributed by atoms with Crippen molar-refractivity contribution in [2.75, 3.05) is 46.3 Å². The van der Waals surface area contributed by atoms with E-state index >= 15 is 0 Å². The van der Waals surface area contributed by atoms with Gasteiger partial charge < -0.3 is 9.80 Å². The van der Waals surface area contributed by atoms with Crippen LogP contribution in [0.1, 0.15) is 33.6 Å². The Labute approximate surface area is 113 Å². The van der Waals surface area contributed by atoms with E-state index in [1.54, 1.807) is 0 Å². The van der Waals surface area contributed by atoms with Gasteiger partial charge in [0.25, 0.3) is 0 Å². The molecule has 18 heavy (non-hydrogen) atoms. The van der Waals surface area contributed by atoms with Crippen LogP contribution in [0.3, 0.4) is 0 Å². The highest BCUT2D eigenvalue weighted by atomic mass is 15.3. The second-order valence-electron chi connectivity index (χ2n) is 6.49. The predicted molar refractivity (Wildman–Crippen MR) is 78.0 cm³/mol. The van der Waals surface area contributed by atoms with Gasteiger partial charge in [0, 0.05) is 31.7 Å². The lowest BCUT2D eigenvalue weighted by molar-refractivity contribution is 0.0289. The zero-order valence-electron chi connectivity index (χ0n) is 12.7. The minimum absolute atomic E-state index is 0.725. The van der Waals surface area contributed by atoms with Gasteiger partial charge in [-0.3, -0.25) is 4.90 Å². The average Bonchev–Trinajstić information content (AvgIpc) is 2.34. The Morgan fingerprint density at radius 1 is 1.00 bits per heavy atom. The molecule has 0 amide bonds. The van der Waals surface area contributed by atoms with Crippen molar-refractivity contribution in [2.45, 2.75) is 45.7 Å². The molecule has 2 aliphatic rings. The molecular formula is C15H31N3. The molecule has 0 saturated carbocycles. The quantitative estimate of drug-likeness (QED) is 0.758. The SMILES string of the molecule is CCN1CCC(CN2[C@@H](C)CN(C)C[C@@H]2C)CC1. The Balaban J connectivity index is 1.82. The summed E-state index contributed by atoms with van der Waals surface area (Å²) in [5.41, 5.74) is 0. The van der Waals surface area contributed by atoms with Crippen LogP contribution in [-0.4, -0.2) is 73.1 Å². The van der Waals surface area contributed by atoms with Crippen LogP contribution >= 0.6 is 0 Å². The Morgan fingerprint density at radius 2 is 1.56 bits per heavy atom. The maximum atomic E-state index is 2.76. The highest BCUT2D eigenvalue weighted by Gasteiger charge is 2.30. The molecular weight excluding hydrogens is 222 g/mol. The molecule has 2 rings (SSSR count). The molecule has 2 heterocycles. The average molecular weight is 253 g/mol. The van der Waals surface area contributed by atoms with Crippen molar-refractivity contribution in [2.24, 2.45) is 5.92 Å². The molecule has 2 aliphatic heterocycles. The van der Waals surface area contributed by atoms with Crippen molar-refractivity contribution in [3.05, 3.63) is 0 Å². The van der Waals surface area contributed by atoms with Gasteiger partial charge in [-0.1, -0.05) is 6.92 Å². The van der Waals surface area contributed by atoms with Crippen LogP contribution in [0.2, 0.25) is 0 Å². The van der Waals surface area contributed by atoms with Crippen LogP contribution in [0, 0.1) is 5.92 Å². The summed E-state index contributed by atoms with van der Waals surface area (Å²) in [6.07, 6.45) is 2.80. The molecule has 2 fully saturated rings. The van der Waals surface area contributed by atoms with Crippen LogP contribution in [0.5, 0.6) is 0 Å². The second-order valence-corrected chi connectivity index (χ2v) is 6.49. The first-order valence-corrected chi connectivity index (χ1v) is 7.76. The van der Waals surface area contributed by atoms with Gasteiger partial charge in [-0.25, -0.2) is 0 Å². The van der Waals surface area contributed by atoms with Crippen LogP contribution in [0.25, 0.3) is 0 Å². The minimum atomic E-state index is 0.725. The summed E-state index contributed by atoms with van der Waals surface area (Å²) < 4.78 is 0. The lowest BCUT2D eigenvalue weighted by Gasteiger charge is -2.45. The fraction of sp³-hybridized carbons (Fsp3) is 1.00. The predicted octanol–water partition coefficient (Wildman–Crippen LogP) is 1.74. The van der Waals surface area contributed by atoms with Crippen LogP contribution in [0.15, 0.2) is 0 Å². The van der Waals surface area contributed by atoms with Crippen LogP contribution in [0.4, 0.5) is 0 Å². The van der Waals surface area contributed by atoms with E-state index in [2.05, 4.69) is 42.5 Å². The van der Waals surface area contributed by atoms with Crippen LogP contribution < -0.4 is 0 Å². The number of likely N-dealkylation sites (tertiary alicyclic amines) is 1. The van der Waals surface area contributed by atoms with Gasteiger partial charge in [0.15, 0.2) is 0 Å². The van der Waals surface area contributed by atoms with Gasteiger partial charge in [-0.05, 0) is 59.3 Å². The molecule has 0 unspecified atom stereocenters. The maximum Gasteiger partial charge on any atom is 0.0198 e. The summed E-state index contributed by atoms with van der Waals surface area (Å²) in [5, 5.41) is 0. The summed E-state index contributed by atoms with van der Waals surface area (Å²) in [4.78, 5) is 7.82. The number of piperazine rings is 1. The molecule has 0 aromatic carbocycles. The summed E-state index contributed by atoms with van der Waals surface area (Å²) in [7, 11) is 2.25. The Hall–Kier alpha value is -0.120. The molecule has 0 N–H and O–H groups in total. The van der Waals surface area contributed by atoms with E-state index in [1.165, 1.54) is 52.1 Å². The third-order valence-corrected chi connectivity index (χ3v) is 4.91. The van der Waals surface area contributed by atoms with Gasteiger partial charge in [0.2, 0.25) is 0 Å². The normalized spacial score (nSPS) is 34.0. The fourth-order valence-corrected chi connectivity index (χ4v) is 3.76. The number of hydrogen-bond acceptors (Lipinski definition) is 3. The smallest absolute Gasteiger partial charge is 0.0198 e. The molecule has 3 nitrogen and oxygen atoms in total. The standard InChI is InChI=1S/C15H31N3/c1-5-17-8-6-15(7-9-17)12-18-13(2)10-16(4)11-14(18)3/h13-15H,5-12H2,1-4H3/t13-,14-/m0/s1. The van der Waals surface area contributed by atoms with Gasteiger partial charge in [0.1, 0.15) is 0 Å². The number of hydrogen-bond donors (Lipinski definition) is 0. The molecule has 0 spiro atoms. The second kappa shape index (κ2) is 6.36. The molecule has 106 valence electrons. The molecule has 0 aliphatic carbocycles. The largest absolute Gasteiger partial charge is 0.304 e. The van der Waals surface area contributed by atoms with Crippen molar-refractivity contribution in [3.63, 3.8) is 0 Å². The van der Waals surface area contributed by atoms with E-state index in [1.807, 2.05) is 0 Å². The van der Waals surface area contributed by atoms with Gasteiger partial charge >= 0.3 is 0 Å². The molecule has 0 bridgehead atoms. The Kier molecular flexibility index (Phi) is 5.05. The van der Waals surface area contributed by atoms with E-state index in [9.17, 15) is 0 Å². The highest BCUT2D eigenvalue weighted by Crippen LogP contribution is 2.22. The lowest BCUT2D eigenvalue weighted by atomic mass is 9.94. The van der Waals surface area contributed by atoms with Gasteiger partial charge in [-0.15, -0.1) is 0 Å². The van der Waals surface area contributed by atoms with Crippen molar-refractivity contribution >= 4 is 0 Å². The summed E-state index contributed by atoms with van der Waals surface area (Å²) in [6, 6.07) is 1.45. The van der Waals surface area contributed by atoms with E-state index in [0.717, 1.165) is 18.0 Å². The molecule has 0 aromatic heterocycles. The Bertz CT molecular complexity index is 236. The maximum absolute atomic E-state index is 2.76. The third kappa shape index (κ3) is 3.46. The minimum Gasteiger partial charge on any atom is -0.304 e. The van der Waals surface area contributed by atoms with Crippen molar-refractivity contribution in [3.8, 4) is 0 Å². The molecule has 2 atom stereocenters. The van der Waals surface area contributed by atoms with Gasteiger partial charge in [-0.2, -0.15) is 0 Å². The number of nitrogens with zero attached hydrogens (tertiary/aromatic N) is 3. The van der Waals surface area contributed by atoms with Crippen LogP contribution in [-0.2, 0) is 0 Å². The van der Waals surface area contributed by atoms with Crippen molar-refractivity contribution in [1.82, 2.24) is 14.7 Å². The van der Waals surface area contributed by atoms with Crippen molar-refractivity contribution in [1.29, 1.82) is 0 Å². The molecule has 3 heteroatoms. The first-order chi connectivity index (χ1) is 8.60. The zero-order chi connectivity index (χ0) is 13.1. The van der Waals surface area contributed by atoms with E-state index in [0.29, 0.717) is 0 Å². The Morgan fingerprint density at radius 3 is 2.06 bits per heavy atom. The number of piperidine rings is 1. The third-order valence-electron chi connectivity index (χ3n) is 4.91. The zero-order valence-corrected chi connectivity index (χ0v) is 12.7. The van der Waals surface area contributed by atoms with E-state index in [4.69, 9.17) is 0 Å². The summed E-state index contributed by atoms with van der Waals surface area (Å²) >= 11 is 0. The fourth-order valence-electron chi connectivity index (χ4n) is 3.76. The number of likely N-dealkylation sites (N-methyl/N-ethyl adjacent to an activating group) is 1. The number of rotatable bonds is 3. The first-order valence-electron chi connectivity index (χ1n) is 7.76. The lowest BCUT2D eigenvalue weighted by Crippen LogP contribution is -2.57. The van der Waals surface area contributed by atoms with Crippen molar-refractivity contribution < 1.29 is 0 Å². The van der Waals surface area contributed by atoms with E-state index < -0.39 is 0 Å².